The molecule has 3 rings (SSSR count). The van der Waals surface area contributed by atoms with Gasteiger partial charge in [-0.15, -0.1) is 0 Å². The highest BCUT2D eigenvalue weighted by molar-refractivity contribution is 6.07. The lowest BCUT2D eigenvalue weighted by Gasteiger charge is -2.18. The third-order valence-electron chi connectivity index (χ3n) is 5.54. The van der Waals surface area contributed by atoms with Crippen molar-refractivity contribution < 1.29 is 23.8 Å². The quantitative estimate of drug-likeness (QED) is 0.415. The Bertz CT molecular complexity index is 1110. The van der Waals surface area contributed by atoms with Gasteiger partial charge < -0.3 is 23.7 Å². The average Bonchev–Trinajstić information content (AvgIpc) is 3.10. The molecule has 7 nitrogen and oxygen atoms in total. The Morgan fingerprint density at radius 1 is 0.879 bits per heavy atom. The molecule has 0 saturated carbocycles. The second kappa shape index (κ2) is 10.9. The van der Waals surface area contributed by atoms with Gasteiger partial charge in [-0.3, -0.25) is 4.79 Å². The number of aromatic nitrogens is 1. The lowest BCUT2D eigenvalue weighted by Crippen LogP contribution is -2.34. The minimum absolute atomic E-state index is 0.0551. The van der Waals surface area contributed by atoms with Crippen LogP contribution >= 0.6 is 0 Å². The fraction of sp³-hybridized carbons (Fsp3) is 0.385. The number of nitrogens with zero attached hydrogens (tertiary/aromatic N) is 2. The molecule has 0 bridgehead atoms. The number of carbonyl (C=O) groups excluding carboxylic acids is 2. The molecule has 0 fully saturated rings. The van der Waals surface area contributed by atoms with Gasteiger partial charge in [0.15, 0.2) is 6.61 Å². The van der Waals surface area contributed by atoms with Gasteiger partial charge in [0.1, 0.15) is 11.5 Å². The summed E-state index contributed by atoms with van der Waals surface area (Å²) in [6.45, 7) is 11.6. The van der Waals surface area contributed by atoms with E-state index < -0.39 is 0 Å². The smallest absolute Gasteiger partial charge is 0.340 e. The first-order valence-electron chi connectivity index (χ1n) is 11.4. The third-order valence-corrected chi connectivity index (χ3v) is 5.54. The molecule has 0 N–H and O–H groups in total. The molecule has 0 atom stereocenters. The van der Waals surface area contributed by atoms with E-state index in [0.29, 0.717) is 36.4 Å². The normalized spacial score (nSPS) is 10.8. The number of fused-ring (bicyclic) bond motifs is 1. The zero-order valence-corrected chi connectivity index (χ0v) is 20.0. The van der Waals surface area contributed by atoms with E-state index in [-0.39, 0.29) is 25.1 Å². The van der Waals surface area contributed by atoms with E-state index in [0.717, 1.165) is 22.6 Å². The zero-order chi connectivity index (χ0) is 24.0. The van der Waals surface area contributed by atoms with Gasteiger partial charge in [-0.05, 0) is 77.1 Å². The number of benzene rings is 2. The second-order valence-corrected chi connectivity index (χ2v) is 7.48. The van der Waals surface area contributed by atoms with Crippen molar-refractivity contribution in [2.75, 3.05) is 32.9 Å². The molecule has 1 heterocycles. The van der Waals surface area contributed by atoms with Crippen LogP contribution in [-0.2, 0) is 9.53 Å². The Kier molecular flexibility index (Phi) is 7.98. The summed E-state index contributed by atoms with van der Waals surface area (Å²) in [5.41, 5.74) is 3.01. The van der Waals surface area contributed by atoms with Crippen LogP contribution in [0.3, 0.4) is 0 Å². The topological polar surface area (TPSA) is 70.0 Å². The Hall–Kier alpha value is -3.48. The van der Waals surface area contributed by atoms with E-state index in [9.17, 15) is 9.59 Å². The maximum Gasteiger partial charge on any atom is 0.340 e. The summed E-state index contributed by atoms with van der Waals surface area (Å²) in [5.74, 6) is 0.849. The molecule has 0 spiro atoms. The number of carbonyl (C=O) groups is 2. The highest BCUT2D eigenvalue weighted by Crippen LogP contribution is 2.33. The minimum Gasteiger partial charge on any atom is -0.494 e. The lowest BCUT2D eigenvalue weighted by atomic mass is 10.1. The molecule has 0 aliphatic rings. The molecule has 1 aromatic heterocycles. The molecule has 176 valence electrons. The van der Waals surface area contributed by atoms with Gasteiger partial charge in [-0.1, -0.05) is 0 Å². The molecule has 2 aromatic carbocycles. The van der Waals surface area contributed by atoms with Crippen molar-refractivity contribution in [2.45, 2.75) is 34.6 Å². The van der Waals surface area contributed by atoms with Crippen LogP contribution in [0.5, 0.6) is 11.5 Å². The maximum atomic E-state index is 12.9. The molecule has 7 heteroatoms. The number of amides is 1. The molecule has 0 aliphatic heterocycles. The fourth-order valence-electron chi connectivity index (χ4n) is 3.95. The predicted molar refractivity (Wildman–Crippen MR) is 129 cm³/mol. The van der Waals surface area contributed by atoms with Gasteiger partial charge in [0.05, 0.1) is 24.3 Å². The number of ether oxygens (including phenoxy) is 3. The van der Waals surface area contributed by atoms with Gasteiger partial charge in [0.2, 0.25) is 0 Å². The number of hydrogen-bond donors (Lipinski definition) is 0. The Morgan fingerprint density at radius 2 is 1.55 bits per heavy atom. The van der Waals surface area contributed by atoms with Crippen molar-refractivity contribution in [1.29, 1.82) is 0 Å². The van der Waals surface area contributed by atoms with E-state index in [4.69, 9.17) is 14.2 Å². The molecule has 0 aliphatic carbocycles. The van der Waals surface area contributed by atoms with Gasteiger partial charge in [-0.2, -0.15) is 0 Å². The van der Waals surface area contributed by atoms with Gasteiger partial charge in [0, 0.05) is 29.9 Å². The SMILES string of the molecule is CCOC(=O)c1c(C)n(-c2ccc(OCC)cc2)c2ccc(OCC(=O)N(CC)CC)cc12. The Balaban J connectivity index is 2.03. The molecule has 0 unspecified atom stereocenters. The van der Waals surface area contributed by atoms with E-state index in [1.807, 2.05) is 68.7 Å². The Morgan fingerprint density at radius 3 is 2.15 bits per heavy atom. The van der Waals surface area contributed by atoms with Crippen LogP contribution in [0.4, 0.5) is 0 Å². The van der Waals surface area contributed by atoms with Crippen molar-refractivity contribution in [3.05, 3.63) is 53.7 Å². The first-order chi connectivity index (χ1) is 15.9. The first kappa shape index (κ1) is 24.2. The fourth-order valence-corrected chi connectivity index (χ4v) is 3.95. The number of hydrogen-bond acceptors (Lipinski definition) is 5. The third kappa shape index (κ3) is 5.13. The van der Waals surface area contributed by atoms with Crippen LogP contribution in [0.25, 0.3) is 16.6 Å². The molecule has 3 aromatic rings. The van der Waals surface area contributed by atoms with Crippen molar-refractivity contribution in [2.24, 2.45) is 0 Å². The minimum atomic E-state index is -0.388. The molecular weight excluding hydrogens is 420 g/mol. The van der Waals surface area contributed by atoms with Crippen molar-refractivity contribution in [3.8, 4) is 17.2 Å². The molecule has 0 saturated heterocycles. The maximum absolute atomic E-state index is 12.9. The van der Waals surface area contributed by atoms with Gasteiger partial charge in [-0.25, -0.2) is 4.79 Å². The summed E-state index contributed by atoms with van der Waals surface area (Å²) in [6, 6.07) is 13.2. The van der Waals surface area contributed by atoms with Crippen molar-refractivity contribution in [1.82, 2.24) is 9.47 Å². The number of esters is 1. The average molecular weight is 453 g/mol. The van der Waals surface area contributed by atoms with Crippen LogP contribution in [0.1, 0.15) is 43.7 Å². The first-order valence-corrected chi connectivity index (χ1v) is 11.4. The predicted octanol–water partition coefficient (Wildman–Crippen LogP) is 4.76. The summed E-state index contributed by atoms with van der Waals surface area (Å²) in [5, 5.41) is 0.715. The number of likely N-dealkylation sites (N-methyl/N-ethyl adjacent to an activating group) is 1. The summed E-state index contributed by atoms with van der Waals surface area (Å²) in [7, 11) is 0. The van der Waals surface area contributed by atoms with Crippen LogP contribution in [0.2, 0.25) is 0 Å². The number of rotatable bonds is 10. The van der Waals surface area contributed by atoms with E-state index >= 15 is 0 Å². The van der Waals surface area contributed by atoms with Crippen LogP contribution < -0.4 is 9.47 Å². The lowest BCUT2D eigenvalue weighted by molar-refractivity contribution is -0.132. The van der Waals surface area contributed by atoms with Crippen molar-refractivity contribution >= 4 is 22.8 Å². The standard InChI is InChI=1S/C26H32N2O5/c1-6-27(7-2)24(29)17-33-21-14-15-23-22(16-21)25(26(30)32-9-4)18(5)28(23)19-10-12-20(13-11-19)31-8-3/h10-16H,6-9,17H2,1-5H3. The van der Waals surface area contributed by atoms with E-state index in [1.165, 1.54) is 0 Å². The van der Waals surface area contributed by atoms with E-state index in [1.54, 1.807) is 17.9 Å². The Labute approximate surface area is 194 Å². The molecule has 0 radical (unpaired) electrons. The molecule has 1 amide bonds. The summed E-state index contributed by atoms with van der Waals surface area (Å²) < 4.78 is 18.7. The monoisotopic (exact) mass is 452 g/mol. The largest absolute Gasteiger partial charge is 0.494 e. The van der Waals surface area contributed by atoms with Gasteiger partial charge >= 0.3 is 5.97 Å². The summed E-state index contributed by atoms with van der Waals surface area (Å²) in [4.78, 5) is 26.9. The van der Waals surface area contributed by atoms with Crippen molar-refractivity contribution in [3.63, 3.8) is 0 Å². The molecular formula is C26H32N2O5. The highest BCUT2D eigenvalue weighted by Gasteiger charge is 2.23. The zero-order valence-electron chi connectivity index (χ0n) is 20.0. The van der Waals surface area contributed by atoms with E-state index in [2.05, 4.69) is 0 Å². The van der Waals surface area contributed by atoms with Crippen LogP contribution in [0.15, 0.2) is 42.5 Å². The summed E-state index contributed by atoms with van der Waals surface area (Å²) >= 11 is 0. The van der Waals surface area contributed by atoms with Crippen LogP contribution in [0, 0.1) is 6.92 Å². The molecule has 33 heavy (non-hydrogen) atoms. The van der Waals surface area contributed by atoms with Gasteiger partial charge in [0.25, 0.3) is 5.91 Å². The summed E-state index contributed by atoms with van der Waals surface area (Å²) in [6.07, 6.45) is 0. The highest BCUT2D eigenvalue weighted by atomic mass is 16.5. The van der Waals surface area contributed by atoms with Crippen LogP contribution in [-0.4, -0.2) is 54.3 Å². The second-order valence-electron chi connectivity index (χ2n) is 7.48.